The van der Waals surface area contributed by atoms with E-state index >= 15 is 0 Å². The molecule has 2 aliphatic heterocycles. The van der Waals surface area contributed by atoms with E-state index in [9.17, 15) is 17.6 Å². The van der Waals surface area contributed by atoms with Crippen LogP contribution in [0.5, 0.6) is 0 Å². The molecule has 1 atom stereocenters. The van der Waals surface area contributed by atoms with Crippen molar-refractivity contribution in [2.75, 3.05) is 32.8 Å². The first-order chi connectivity index (χ1) is 14.7. The van der Waals surface area contributed by atoms with Crippen molar-refractivity contribution in [3.8, 4) is 11.3 Å². The summed E-state index contributed by atoms with van der Waals surface area (Å²) in [5, 5.41) is 7.12. The van der Waals surface area contributed by atoms with Crippen LogP contribution in [0.4, 0.5) is 17.6 Å². The van der Waals surface area contributed by atoms with Crippen LogP contribution in [0.1, 0.15) is 17.7 Å². The highest BCUT2D eigenvalue weighted by atomic mass is 19.4. The van der Waals surface area contributed by atoms with Crippen molar-refractivity contribution in [1.82, 2.24) is 14.9 Å². The molecule has 2 aliphatic rings. The normalized spacial score (nSPS) is 19.2. The summed E-state index contributed by atoms with van der Waals surface area (Å²) in [6.45, 7) is 4.89. The lowest BCUT2D eigenvalue weighted by atomic mass is 10.0. The molecule has 1 saturated heterocycles. The van der Waals surface area contributed by atoms with Gasteiger partial charge < -0.3 is 14.7 Å². The second kappa shape index (κ2) is 10.1. The van der Waals surface area contributed by atoms with Crippen LogP contribution in [0.3, 0.4) is 0 Å². The Morgan fingerprint density at radius 1 is 1.23 bits per heavy atom. The molecule has 1 aromatic heterocycles. The van der Waals surface area contributed by atoms with Gasteiger partial charge in [-0.3, -0.25) is 0 Å². The molecule has 0 aliphatic carbocycles. The number of alkyl halides is 3. The van der Waals surface area contributed by atoms with E-state index in [0.29, 0.717) is 5.92 Å². The standard InChI is InChI=1S/C19H22FN3O.C2HF3O2/c20-16-3-1-2-15(10-16)19-17-4-7-23(11-14-6-9-24-12-14)8-5-18(17)21-13-22-19;3-2(4,5)1(6)7/h1-3,10,13-14H,4-9,11-12H2;(H,6,7). The van der Waals surface area contributed by atoms with Crippen LogP contribution in [0, 0.1) is 11.7 Å². The summed E-state index contributed by atoms with van der Waals surface area (Å²) in [5.41, 5.74) is 4.00. The Morgan fingerprint density at radius 2 is 1.97 bits per heavy atom. The minimum Gasteiger partial charge on any atom is -0.475 e. The molecule has 1 N–H and O–H groups in total. The fourth-order valence-electron chi connectivity index (χ4n) is 3.73. The molecule has 1 unspecified atom stereocenters. The lowest BCUT2D eigenvalue weighted by Gasteiger charge is -2.22. The number of carboxylic acids is 1. The molecule has 1 fully saturated rings. The van der Waals surface area contributed by atoms with E-state index in [1.807, 2.05) is 6.07 Å². The minimum atomic E-state index is -5.08. The number of carboxylic acid groups (broad SMARTS) is 1. The van der Waals surface area contributed by atoms with Gasteiger partial charge in [0.05, 0.1) is 12.3 Å². The van der Waals surface area contributed by atoms with Gasteiger partial charge in [-0.05, 0) is 30.9 Å². The second-order valence-corrected chi connectivity index (χ2v) is 7.49. The zero-order chi connectivity index (χ0) is 22.4. The van der Waals surface area contributed by atoms with Gasteiger partial charge >= 0.3 is 12.1 Å². The zero-order valence-corrected chi connectivity index (χ0v) is 16.7. The topological polar surface area (TPSA) is 75.5 Å². The summed E-state index contributed by atoms with van der Waals surface area (Å²) in [6, 6.07) is 6.68. The highest BCUT2D eigenvalue weighted by Gasteiger charge is 2.38. The quantitative estimate of drug-likeness (QED) is 0.737. The van der Waals surface area contributed by atoms with E-state index in [2.05, 4.69) is 14.9 Å². The number of hydrogen-bond acceptors (Lipinski definition) is 5. The van der Waals surface area contributed by atoms with Gasteiger partial charge in [-0.2, -0.15) is 13.2 Å². The number of hydrogen-bond donors (Lipinski definition) is 1. The summed E-state index contributed by atoms with van der Waals surface area (Å²) in [4.78, 5) is 20.4. The number of rotatable bonds is 3. The van der Waals surface area contributed by atoms with Gasteiger partial charge in [0.15, 0.2) is 0 Å². The van der Waals surface area contributed by atoms with Gasteiger partial charge in [0.2, 0.25) is 0 Å². The molecule has 1 aromatic carbocycles. The van der Waals surface area contributed by atoms with Crippen molar-refractivity contribution in [3.63, 3.8) is 0 Å². The second-order valence-electron chi connectivity index (χ2n) is 7.49. The molecule has 0 radical (unpaired) electrons. The third-order valence-corrected chi connectivity index (χ3v) is 5.26. The van der Waals surface area contributed by atoms with Crippen LogP contribution in [-0.2, 0) is 22.4 Å². The van der Waals surface area contributed by atoms with Gasteiger partial charge in [0.1, 0.15) is 12.1 Å². The lowest BCUT2D eigenvalue weighted by molar-refractivity contribution is -0.192. The van der Waals surface area contributed by atoms with E-state index in [1.165, 1.54) is 11.6 Å². The molecule has 31 heavy (non-hydrogen) atoms. The zero-order valence-electron chi connectivity index (χ0n) is 16.7. The molecule has 3 heterocycles. The van der Waals surface area contributed by atoms with Crippen LogP contribution >= 0.6 is 0 Å². The first-order valence-electron chi connectivity index (χ1n) is 9.93. The Kier molecular flexibility index (Phi) is 7.55. The van der Waals surface area contributed by atoms with Crippen molar-refractivity contribution in [2.45, 2.75) is 25.4 Å². The summed E-state index contributed by atoms with van der Waals surface area (Å²) in [7, 11) is 0. The van der Waals surface area contributed by atoms with Crippen molar-refractivity contribution >= 4 is 5.97 Å². The first kappa shape index (κ1) is 23.1. The van der Waals surface area contributed by atoms with Crippen molar-refractivity contribution in [1.29, 1.82) is 0 Å². The average Bonchev–Trinajstić information content (AvgIpc) is 3.14. The van der Waals surface area contributed by atoms with E-state index in [1.54, 1.807) is 18.5 Å². The molecule has 168 valence electrons. The monoisotopic (exact) mass is 441 g/mol. The molecule has 0 spiro atoms. The van der Waals surface area contributed by atoms with E-state index in [0.717, 1.165) is 69.1 Å². The predicted octanol–water partition coefficient (Wildman–Crippen LogP) is 3.35. The highest BCUT2D eigenvalue weighted by Crippen LogP contribution is 2.27. The van der Waals surface area contributed by atoms with Crippen LogP contribution in [0.2, 0.25) is 0 Å². The summed E-state index contributed by atoms with van der Waals surface area (Å²) >= 11 is 0. The Balaban J connectivity index is 0.000000339. The fourth-order valence-corrected chi connectivity index (χ4v) is 3.73. The number of halogens is 4. The van der Waals surface area contributed by atoms with E-state index in [4.69, 9.17) is 14.6 Å². The maximum absolute atomic E-state index is 13.6. The highest BCUT2D eigenvalue weighted by molar-refractivity contribution is 5.73. The Morgan fingerprint density at radius 3 is 2.61 bits per heavy atom. The molecule has 10 heteroatoms. The average molecular weight is 441 g/mol. The largest absolute Gasteiger partial charge is 0.490 e. The number of ether oxygens (including phenoxy) is 1. The van der Waals surface area contributed by atoms with E-state index < -0.39 is 12.1 Å². The first-order valence-corrected chi connectivity index (χ1v) is 9.93. The van der Waals surface area contributed by atoms with Crippen LogP contribution < -0.4 is 0 Å². The number of aliphatic carboxylic acids is 1. The SMILES string of the molecule is Fc1cccc(-c2ncnc3c2CCN(CC2CCOC2)CC3)c1.O=C(O)C(F)(F)F. The van der Waals surface area contributed by atoms with Gasteiger partial charge in [-0.25, -0.2) is 19.2 Å². The Labute approximate surface area is 176 Å². The van der Waals surface area contributed by atoms with Crippen molar-refractivity contribution in [2.24, 2.45) is 5.92 Å². The van der Waals surface area contributed by atoms with Gasteiger partial charge in [-0.15, -0.1) is 0 Å². The number of fused-ring (bicyclic) bond motifs is 1. The molecular formula is C21H23F4N3O3. The molecule has 2 aromatic rings. The Hall–Kier alpha value is -2.59. The fraction of sp³-hybridized carbons (Fsp3) is 0.476. The van der Waals surface area contributed by atoms with Gasteiger partial charge in [0, 0.05) is 49.5 Å². The smallest absolute Gasteiger partial charge is 0.475 e. The third-order valence-electron chi connectivity index (χ3n) is 5.26. The maximum atomic E-state index is 13.6. The number of carbonyl (C=O) groups is 1. The van der Waals surface area contributed by atoms with Crippen LogP contribution in [-0.4, -0.2) is 65.0 Å². The Bertz CT molecular complexity index is 902. The molecular weight excluding hydrogens is 418 g/mol. The molecule has 6 nitrogen and oxygen atoms in total. The predicted molar refractivity (Wildman–Crippen MR) is 104 cm³/mol. The van der Waals surface area contributed by atoms with E-state index in [-0.39, 0.29) is 5.82 Å². The lowest BCUT2D eigenvalue weighted by Crippen LogP contribution is -2.32. The van der Waals surface area contributed by atoms with Crippen LogP contribution in [0.15, 0.2) is 30.6 Å². The third kappa shape index (κ3) is 6.44. The number of nitrogens with zero attached hydrogens (tertiary/aromatic N) is 3. The van der Waals surface area contributed by atoms with Crippen LogP contribution in [0.25, 0.3) is 11.3 Å². The molecule has 0 amide bonds. The maximum Gasteiger partial charge on any atom is 0.490 e. The van der Waals surface area contributed by atoms with Gasteiger partial charge in [0.25, 0.3) is 0 Å². The van der Waals surface area contributed by atoms with Crippen molar-refractivity contribution in [3.05, 3.63) is 47.7 Å². The molecule has 4 rings (SSSR count). The van der Waals surface area contributed by atoms with Crippen molar-refractivity contribution < 1.29 is 32.2 Å². The minimum absolute atomic E-state index is 0.226. The van der Waals surface area contributed by atoms with Gasteiger partial charge in [-0.1, -0.05) is 12.1 Å². The summed E-state index contributed by atoms with van der Waals surface area (Å²) < 4.78 is 50.8. The number of aromatic nitrogens is 2. The molecule has 0 saturated carbocycles. The summed E-state index contributed by atoms with van der Waals surface area (Å²) in [6.07, 6.45) is -0.472. The molecule has 0 bridgehead atoms. The number of benzene rings is 1. The summed E-state index contributed by atoms with van der Waals surface area (Å²) in [5.74, 6) is -2.33.